The lowest BCUT2D eigenvalue weighted by atomic mass is 10.5. The van der Waals surface area contributed by atoms with Gasteiger partial charge in [0.1, 0.15) is 0 Å². The average molecular weight is 291 g/mol. The zero-order chi connectivity index (χ0) is 12.8. The molecule has 0 unspecified atom stereocenters. The van der Waals surface area contributed by atoms with Crippen molar-refractivity contribution < 1.29 is 9.47 Å². The summed E-state index contributed by atoms with van der Waals surface area (Å²) in [5.74, 6) is 0. The summed E-state index contributed by atoms with van der Waals surface area (Å²) in [5, 5.41) is 0. The van der Waals surface area contributed by atoms with Gasteiger partial charge in [0.2, 0.25) is 0 Å². The Morgan fingerprint density at radius 2 is 0.737 bits per heavy atom. The van der Waals surface area contributed by atoms with Crippen LogP contribution in [-0.4, -0.2) is 27.9 Å². The standard InChI is InChI=1S/C4H10O.C2H6O.3C2H6.5CH4/c1-3-4-5-2;1-3-2;3*1-2;;;;;/h3-4H2,1-2H3;1-2H3;3*1-2H3;5*1H4. The summed E-state index contributed by atoms with van der Waals surface area (Å²) in [4.78, 5) is 0. The van der Waals surface area contributed by atoms with Crippen LogP contribution in [0.3, 0.4) is 0 Å². The first kappa shape index (κ1) is 76.4. The molecule has 0 rings (SSSR count). The van der Waals surface area contributed by atoms with Crippen molar-refractivity contribution in [3.8, 4) is 0 Å². The van der Waals surface area contributed by atoms with Crippen LogP contribution in [0.4, 0.5) is 0 Å². The Hall–Kier alpha value is -0.0800. The second-order valence-electron chi connectivity index (χ2n) is 1.40. The second-order valence-corrected chi connectivity index (χ2v) is 1.40. The van der Waals surface area contributed by atoms with Crippen LogP contribution >= 0.6 is 0 Å². The van der Waals surface area contributed by atoms with E-state index in [1.165, 1.54) is 0 Å². The Balaban J connectivity index is -0.00000000661. The van der Waals surface area contributed by atoms with Crippen molar-refractivity contribution >= 4 is 0 Å². The zero-order valence-corrected chi connectivity index (χ0v) is 12.2. The fourth-order valence-corrected chi connectivity index (χ4v) is 0.204. The molecule has 2 heteroatoms. The summed E-state index contributed by atoms with van der Waals surface area (Å²) in [7, 11) is 4.96. The van der Waals surface area contributed by atoms with Crippen LogP contribution in [0.15, 0.2) is 0 Å². The van der Waals surface area contributed by atoms with Gasteiger partial charge < -0.3 is 9.47 Å². The highest BCUT2D eigenvalue weighted by Gasteiger charge is 1.66. The second kappa shape index (κ2) is 334. The van der Waals surface area contributed by atoms with Crippen LogP contribution < -0.4 is 0 Å². The lowest BCUT2D eigenvalue weighted by molar-refractivity contribution is 0.199. The van der Waals surface area contributed by atoms with Gasteiger partial charge in [0.05, 0.1) is 0 Å². The molecule has 2 nitrogen and oxygen atoms in total. The van der Waals surface area contributed by atoms with Crippen LogP contribution in [0.2, 0.25) is 0 Å². The molecular formula is C17H54O2. The molecule has 0 aliphatic carbocycles. The third-order valence-corrected chi connectivity index (χ3v) is 0.408. The molecule has 0 aromatic rings. The van der Waals surface area contributed by atoms with Gasteiger partial charge in [0, 0.05) is 27.9 Å². The van der Waals surface area contributed by atoms with Gasteiger partial charge in [-0.3, -0.25) is 0 Å². The van der Waals surface area contributed by atoms with Crippen LogP contribution in [0, 0.1) is 0 Å². The number of ether oxygens (including phenoxy) is 2. The van der Waals surface area contributed by atoms with E-state index in [2.05, 4.69) is 11.7 Å². The Kier molecular flexibility index (Phi) is 1340. The van der Waals surface area contributed by atoms with Crippen molar-refractivity contribution in [1.82, 2.24) is 0 Å². The SMILES string of the molecule is C.C.C.C.C.CC.CC.CC.CCCOC.COC. The van der Waals surface area contributed by atoms with Crippen molar-refractivity contribution in [1.29, 1.82) is 0 Å². The lowest BCUT2D eigenvalue weighted by Crippen LogP contribution is -1.80. The topological polar surface area (TPSA) is 18.5 Å². The van der Waals surface area contributed by atoms with E-state index in [1.54, 1.807) is 21.3 Å². The number of methoxy groups -OCH3 is 2. The first-order valence-corrected chi connectivity index (χ1v) is 5.72. The third kappa shape index (κ3) is 1230. The van der Waals surface area contributed by atoms with E-state index in [1.807, 2.05) is 41.5 Å². The highest BCUT2D eigenvalue weighted by molar-refractivity contribution is 4.15. The minimum atomic E-state index is 0. The van der Waals surface area contributed by atoms with Gasteiger partial charge in [0.25, 0.3) is 0 Å². The molecule has 0 N–H and O–H groups in total. The Morgan fingerprint density at radius 3 is 0.737 bits per heavy atom. The first-order chi connectivity index (χ1) is 6.83. The summed E-state index contributed by atoms with van der Waals surface area (Å²) < 4.78 is 8.94. The normalized spacial score (nSPS) is 4.11. The van der Waals surface area contributed by atoms with Gasteiger partial charge in [-0.25, -0.2) is 0 Å². The summed E-state index contributed by atoms with van der Waals surface area (Å²) >= 11 is 0. The summed E-state index contributed by atoms with van der Waals surface area (Å²) in [5.41, 5.74) is 0. The Morgan fingerprint density at radius 1 is 0.579 bits per heavy atom. The molecule has 0 saturated carbocycles. The molecule has 0 fully saturated rings. The fraction of sp³-hybridized carbons (Fsp3) is 1.00. The molecule has 0 bridgehead atoms. The van der Waals surface area contributed by atoms with Crippen molar-refractivity contribution in [2.75, 3.05) is 27.9 Å². The largest absolute Gasteiger partial charge is 0.388 e. The maximum Gasteiger partial charge on any atom is 0.0459 e. The first-order valence-electron chi connectivity index (χ1n) is 5.72. The van der Waals surface area contributed by atoms with E-state index in [0.29, 0.717) is 0 Å². The van der Waals surface area contributed by atoms with Crippen molar-refractivity contribution in [3.05, 3.63) is 0 Å². The van der Waals surface area contributed by atoms with Crippen molar-refractivity contribution in [2.45, 2.75) is 92.0 Å². The molecule has 0 amide bonds. The Labute approximate surface area is 130 Å². The smallest absolute Gasteiger partial charge is 0.0459 e. The van der Waals surface area contributed by atoms with Gasteiger partial charge in [-0.05, 0) is 6.42 Å². The van der Waals surface area contributed by atoms with E-state index < -0.39 is 0 Å². The highest BCUT2D eigenvalue weighted by atomic mass is 16.5. The minimum absolute atomic E-state index is 0. The fourth-order valence-electron chi connectivity index (χ4n) is 0.204. The molecule has 0 radical (unpaired) electrons. The molecule has 0 spiro atoms. The molecule has 0 aliphatic rings. The van der Waals surface area contributed by atoms with Gasteiger partial charge in [-0.2, -0.15) is 0 Å². The van der Waals surface area contributed by atoms with Gasteiger partial charge in [0.15, 0.2) is 0 Å². The van der Waals surface area contributed by atoms with E-state index >= 15 is 0 Å². The van der Waals surface area contributed by atoms with Gasteiger partial charge >= 0.3 is 0 Å². The predicted molar refractivity (Wildman–Crippen MR) is 103 cm³/mol. The molecule has 0 aliphatic heterocycles. The third-order valence-electron chi connectivity index (χ3n) is 0.408. The van der Waals surface area contributed by atoms with Gasteiger partial charge in [-0.1, -0.05) is 85.6 Å². The Bertz CT molecular complexity index is 23.2. The highest BCUT2D eigenvalue weighted by Crippen LogP contribution is 1.70. The van der Waals surface area contributed by atoms with Crippen LogP contribution in [0.5, 0.6) is 0 Å². The van der Waals surface area contributed by atoms with Crippen LogP contribution in [0.25, 0.3) is 0 Å². The minimum Gasteiger partial charge on any atom is -0.388 e. The maximum absolute atomic E-state index is 4.69. The van der Waals surface area contributed by atoms with E-state index in [0.717, 1.165) is 13.0 Å². The summed E-state index contributed by atoms with van der Waals surface area (Å²) in [6.45, 7) is 15.0. The molecule has 0 atom stereocenters. The van der Waals surface area contributed by atoms with Crippen molar-refractivity contribution in [2.24, 2.45) is 0 Å². The molecule has 19 heavy (non-hydrogen) atoms. The van der Waals surface area contributed by atoms with Crippen molar-refractivity contribution in [3.63, 3.8) is 0 Å². The van der Waals surface area contributed by atoms with E-state index in [4.69, 9.17) is 4.74 Å². The molecule has 0 aromatic carbocycles. The summed E-state index contributed by atoms with van der Waals surface area (Å²) in [6.07, 6.45) is 1.12. The van der Waals surface area contributed by atoms with Crippen LogP contribution in [0.1, 0.15) is 92.0 Å². The number of hydrogen-bond donors (Lipinski definition) is 0. The number of rotatable bonds is 2. The number of hydrogen-bond acceptors (Lipinski definition) is 2. The lowest BCUT2D eigenvalue weighted by Gasteiger charge is -1.84. The molecule has 134 valence electrons. The molecule has 0 saturated heterocycles. The maximum atomic E-state index is 4.69. The molecular weight excluding hydrogens is 236 g/mol. The van der Waals surface area contributed by atoms with E-state index in [-0.39, 0.29) is 37.1 Å². The van der Waals surface area contributed by atoms with Gasteiger partial charge in [-0.15, -0.1) is 0 Å². The zero-order valence-electron chi connectivity index (χ0n) is 12.2. The van der Waals surface area contributed by atoms with Crippen LogP contribution in [-0.2, 0) is 9.47 Å². The monoisotopic (exact) mass is 290 g/mol. The van der Waals surface area contributed by atoms with E-state index in [9.17, 15) is 0 Å². The summed E-state index contributed by atoms with van der Waals surface area (Å²) in [6, 6.07) is 0. The molecule has 0 aromatic heterocycles. The molecule has 0 heterocycles. The predicted octanol–water partition coefficient (Wildman–Crippen LogP) is 7.56. The quantitative estimate of drug-likeness (QED) is 0.522. The average Bonchev–Trinajstić information content (AvgIpc) is 2.29.